The summed E-state index contributed by atoms with van der Waals surface area (Å²) in [6.45, 7) is 9.20. The molecule has 0 spiro atoms. The molecule has 0 saturated heterocycles. The predicted molar refractivity (Wildman–Crippen MR) is 71.0 cm³/mol. The Bertz CT molecular complexity index is 197. The molecule has 0 aromatic carbocycles. The lowest BCUT2D eigenvalue weighted by atomic mass is 9.74. The molecule has 0 radical (unpaired) electrons. The first kappa shape index (κ1) is 14.9. The van der Waals surface area contributed by atoms with E-state index in [1.165, 1.54) is 19.3 Å². The van der Waals surface area contributed by atoms with Crippen molar-refractivity contribution in [3.05, 3.63) is 0 Å². The molecule has 3 atom stereocenters. The Kier molecular flexibility index (Phi) is 7.09. The maximum absolute atomic E-state index is 8.62. The highest BCUT2D eigenvalue weighted by atomic mass is 16.5. The van der Waals surface area contributed by atoms with Gasteiger partial charge in [-0.2, -0.15) is 0 Å². The van der Waals surface area contributed by atoms with Crippen LogP contribution in [0.15, 0.2) is 0 Å². The molecule has 1 fully saturated rings. The van der Waals surface area contributed by atoms with Gasteiger partial charge in [-0.1, -0.05) is 27.2 Å². The van der Waals surface area contributed by atoms with Crippen LogP contribution in [-0.4, -0.2) is 37.5 Å². The van der Waals surface area contributed by atoms with Crippen molar-refractivity contribution in [3.8, 4) is 0 Å². The van der Waals surface area contributed by atoms with Crippen molar-refractivity contribution in [3.63, 3.8) is 0 Å². The van der Waals surface area contributed by atoms with Gasteiger partial charge in [0.1, 0.15) is 0 Å². The van der Waals surface area contributed by atoms with Gasteiger partial charge in [-0.15, -0.1) is 0 Å². The van der Waals surface area contributed by atoms with Gasteiger partial charge in [-0.25, -0.2) is 0 Å². The normalized spacial score (nSPS) is 29.8. The minimum atomic E-state index is 0.120. The smallest absolute Gasteiger partial charge is 0.0698 e. The molecule has 17 heavy (non-hydrogen) atoms. The van der Waals surface area contributed by atoms with E-state index in [-0.39, 0.29) is 6.61 Å². The first-order chi connectivity index (χ1) is 8.15. The zero-order chi connectivity index (χ0) is 12.7. The van der Waals surface area contributed by atoms with Crippen LogP contribution < -0.4 is 5.32 Å². The van der Waals surface area contributed by atoms with E-state index in [4.69, 9.17) is 9.84 Å². The first-order valence-corrected chi connectivity index (χ1v) is 7.07. The Labute approximate surface area is 106 Å². The first-order valence-electron chi connectivity index (χ1n) is 7.07. The van der Waals surface area contributed by atoms with Gasteiger partial charge in [-0.05, 0) is 30.6 Å². The number of rotatable bonds is 7. The second-order valence-corrected chi connectivity index (χ2v) is 5.72. The van der Waals surface area contributed by atoms with Crippen LogP contribution in [0.3, 0.4) is 0 Å². The summed E-state index contributed by atoms with van der Waals surface area (Å²) in [7, 11) is 0. The highest BCUT2D eigenvalue weighted by Crippen LogP contribution is 2.33. The van der Waals surface area contributed by atoms with E-state index in [0.29, 0.717) is 19.3 Å². The van der Waals surface area contributed by atoms with Crippen LogP contribution in [0.25, 0.3) is 0 Å². The van der Waals surface area contributed by atoms with Gasteiger partial charge in [0.25, 0.3) is 0 Å². The summed E-state index contributed by atoms with van der Waals surface area (Å²) in [6, 6.07) is 0.650. The molecule has 1 saturated carbocycles. The van der Waals surface area contributed by atoms with E-state index >= 15 is 0 Å². The molecule has 0 amide bonds. The van der Waals surface area contributed by atoms with E-state index < -0.39 is 0 Å². The molecule has 0 heterocycles. The van der Waals surface area contributed by atoms with Crippen molar-refractivity contribution in [2.75, 3.05) is 26.4 Å². The Morgan fingerprint density at radius 1 is 1.29 bits per heavy atom. The molecule has 0 aromatic heterocycles. The van der Waals surface area contributed by atoms with E-state index in [9.17, 15) is 0 Å². The minimum absolute atomic E-state index is 0.120. The molecular weight excluding hydrogens is 214 g/mol. The Morgan fingerprint density at radius 3 is 2.71 bits per heavy atom. The number of hydrogen-bond acceptors (Lipinski definition) is 3. The third kappa shape index (κ3) is 5.36. The summed E-state index contributed by atoms with van der Waals surface area (Å²) < 4.78 is 5.28. The Balaban J connectivity index is 2.26. The number of aliphatic hydroxyl groups excluding tert-OH is 1. The maximum Gasteiger partial charge on any atom is 0.0698 e. The highest BCUT2D eigenvalue weighted by molar-refractivity contribution is 4.85. The average molecular weight is 243 g/mol. The standard InChI is InChI=1S/C14H29NO2/c1-11(2)13-5-4-12(3)10-14(13)15-6-8-17-9-7-16/h11-16H,4-10H2,1-3H3. The molecular formula is C14H29NO2. The quantitative estimate of drug-likeness (QED) is 0.672. The van der Waals surface area contributed by atoms with Gasteiger partial charge in [0.05, 0.1) is 19.8 Å². The summed E-state index contributed by atoms with van der Waals surface area (Å²) in [6.07, 6.45) is 4.03. The van der Waals surface area contributed by atoms with Crippen molar-refractivity contribution < 1.29 is 9.84 Å². The molecule has 1 aliphatic carbocycles. The fraction of sp³-hybridized carbons (Fsp3) is 1.00. The molecule has 0 aromatic rings. The van der Waals surface area contributed by atoms with Crippen molar-refractivity contribution in [2.24, 2.45) is 17.8 Å². The van der Waals surface area contributed by atoms with Crippen molar-refractivity contribution >= 4 is 0 Å². The van der Waals surface area contributed by atoms with Crippen molar-refractivity contribution in [1.82, 2.24) is 5.32 Å². The third-order valence-electron chi connectivity index (χ3n) is 3.91. The fourth-order valence-corrected chi connectivity index (χ4v) is 2.92. The van der Waals surface area contributed by atoms with E-state index in [2.05, 4.69) is 26.1 Å². The van der Waals surface area contributed by atoms with Crippen LogP contribution >= 0.6 is 0 Å². The maximum atomic E-state index is 8.62. The van der Waals surface area contributed by atoms with Gasteiger partial charge in [0.2, 0.25) is 0 Å². The highest BCUT2D eigenvalue weighted by Gasteiger charge is 2.29. The molecule has 1 rings (SSSR count). The SMILES string of the molecule is CC1CCC(C(C)C)C(NCCOCCO)C1. The number of ether oxygens (including phenoxy) is 1. The largest absolute Gasteiger partial charge is 0.394 e. The van der Waals surface area contributed by atoms with Crippen LogP contribution in [0.4, 0.5) is 0 Å². The average Bonchev–Trinajstić information content (AvgIpc) is 2.28. The molecule has 0 aliphatic heterocycles. The van der Waals surface area contributed by atoms with Crippen molar-refractivity contribution in [1.29, 1.82) is 0 Å². The fourth-order valence-electron chi connectivity index (χ4n) is 2.92. The summed E-state index contributed by atoms with van der Waals surface area (Å²) in [5.41, 5.74) is 0. The molecule has 3 unspecified atom stereocenters. The van der Waals surface area contributed by atoms with E-state index in [0.717, 1.165) is 24.3 Å². The van der Waals surface area contributed by atoms with E-state index in [1.807, 2.05) is 0 Å². The van der Waals surface area contributed by atoms with Crippen molar-refractivity contribution in [2.45, 2.75) is 46.1 Å². The topological polar surface area (TPSA) is 41.5 Å². The third-order valence-corrected chi connectivity index (χ3v) is 3.91. The molecule has 2 N–H and O–H groups in total. The van der Waals surface area contributed by atoms with Crippen LogP contribution in [0.1, 0.15) is 40.0 Å². The monoisotopic (exact) mass is 243 g/mol. The second kappa shape index (κ2) is 8.06. The lowest BCUT2D eigenvalue weighted by molar-refractivity contribution is 0.0862. The summed E-state index contributed by atoms with van der Waals surface area (Å²) in [5.74, 6) is 2.42. The van der Waals surface area contributed by atoms with Gasteiger partial charge >= 0.3 is 0 Å². The van der Waals surface area contributed by atoms with Gasteiger partial charge in [0.15, 0.2) is 0 Å². The van der Waals surface area contributed by atoms with Gasteiger partial charge in [-0.3, -0.25) is 0 Å². The van der Waals surface area contributed by atoms with Crippen LogP contribution in [0.2, 0.25) is 0 Å². The number of aliphatic hydroxyl groups is 1. The molecule has 1 aliphatic rings. The number of hydrogen-bond donors (Lipinski definition) is 2. The number of nitrogens with one attached hydrogen (secondary N) is 1. The van der Waals surface area contributed by atoms with Gasteiger partial charge < -0.3 is 15.2 Å². The minimum Gasteiger partial charge on any atom is -0.394 e. The Morgan fingerprint density at radius 2 is 2.06 bits per heavy atom. The molecule has 0 bridgehead atoms. The van der Waals surface area contributed by atoms with Crippen LogP contribution in [-0.2, 0) is 4.74 Å². The lowest BCUT2D eigenvalue weighted by Gasteiger charge is -2.38. The predicted octanol–water partition coefficient (Wildman–Crippen LogP) is 2.05. The molecule has 102 valence electrons. The zero-order valence-corrected chi connectivity index (χ0v) is 11.6. The molecule has 3 heteroatoms. The molecule has 3 nitrogen and oxygen atoms in total. The zero-order valence-electron chi connectivity index (χ0n) is 11.6. The lowest BCUT2D eigenvalue weighted by Crippen LogP contribution is -2.44. The van der Waals surface area contributed by atoms with Crippen LogP contribution in [0.5, 0.6) is 0 Å². The van der Waals surface area contributed by atoms with E-state index in [1.54, 1.807) is 0 Å². The van der Waals surface area contributed by atoms with Gasteiger partial charge in [0, 0.05) is 12.6 Å². The second-order valence-electron chi connectivity index (χ2n) is 5.72. The van der Waals surface area contributed by atoms with Crippen LogP contribution in [0, 0.1) is 17.8 Å². The Hall–Kier alpha value is -0.120. The summed E-state index contributed by atoms with van der Waals surface area (Å²) >= 11 is 0. The summed E-state index contributed by atoms with van der Waals surface area (Å²) in [4.78, 5) is 0. The summed E-state index contributed by atoms with van der Waals surface area (Å²) in [5, 5.41) is 12.3.